The van der Waals surface area contributed by atoms with E-state index < -0.39 is 15.9 Å². The van der Waals surface area contributed by atoms with Crippen LogP contribution in [-0.4, -0.2) is 97.9 Å². The zero-order valence-corrected chi connectivity index (χ0v) is 48.3. The van der Waals surface area contributed by atoms with Crippen LogP contribution in [0.4, 0.5) is 27.5 Å². The number of nitro benzene ring substituents is 2. The summed E-state index contributed by atoms with van der Waals surface area (Å²) in [6.45, 7) is 16.9. The number of halogens is 4. The molecule has 430 valence electrons. The number of nitrogens with one attached hydrogen (secondary N) is 1. The predicted octanol–water partition coefficient (Wildman–Crippen LogP) is 12.4. The van der Waals surface area contributed by atoms with Crippen molar-refractivity contribution >= 4 is 75.2 Å². The average molecular weight is 1180 g/mol. The molecule has 0 aromatic heterocycles. The van der Waals surface area contributed by atoms with Gasteiger partial charge in [0, 0.05) is 82.6 Å². The molecule has 1 amide bonds. The largest absolute Gasteiger partial charge is 0.417 e. The summed E-state index contributed by atoms with van der Waals surface area (Å²) in [5.74, 6) is 0.990. The molecule has 3 fully saturated rings. The van der Waals surface area contributed by atoms with E-state index in [-0.39, 0.29) is 61.2 Å². The number of nitrogens with two attached hydrogens (primary N) is 1. The number of aliphatic hydroxyl groups is 2. The monoisotopic (exact) mass is 1170 g/mol. The fourth-order valence-corrected chi connectivity index (χ4v) is 9.46. The van der Waals surface area contributed by atoms with Crippen LogP contribution in [0.15, 0.2) is 78.9 Å². The Labute approximate surface area is 480 Å². The number of nitrogen functional groups attached to an aromatic ring is 1. The first-order valence-electron chi connectivity index (χ1n) is 25.7. The number of non-ortho nitro benzene ring substituents is 2. The van der Waals surface area contributed by atoms with Gasteiger partial charge in [0.15, 0.2) is 18.9 Å². The van der Waals surface area contributed by atoms with Crippen LogP contribution in [0.3, 0.4) is 0 Å². The molecule has 18 nitrogen and oxygen atoms in total. The van der Waals surface area contributed by atoms with Gasteiger partial charge in [0.2, 0.25) is 0 Å². The van der Waals surface area contributed by atoms with Gasteiger partial charge in [0.1, 0.15) is 5.75 Å². The predicted molar refractivity (Wildman–Crippen MR) is 306 cm³/mol. The molecule has 79 heavy (non-hydrogen) atoms. The van der Waals surface area contributed by atoms with Gasteiger partial charge in [0.05, 0.1) is 59.5 Å². The lowest BCUT2D eigenvalue weighted by molar-refractivity contribution is -0.385. The maximum absolute atomic E-state index is 12.1. The standard InChI is InChI=1S/C20H22ClNO4.C13H16ClNO4.C13H18ClNO2.C11H14ClNO4/c1-13-16(8-15-11-24-14(2)25-12-15)9-17(10-19(13)21)22-20(23)26-18-6-4-3-5-7-18;1-8-11(3-10-6-18-9(2)19-7-10)4-12(15(16)17)5-13(8)14;1-8-11(4-12(15)5-13(8)14)3-10-6-16-9(2)17-7-10;1-7-9(2-8(5-14)6-15)3-10(13(16)17)4-11(7)12/h3-7,9-10,14-15H,8,11-12H2,1-2H3,(H,22,23);4-5,9-10H,3,6-7H2,1-2H3;4-5,9-10H,3,6-7,15H2,1-2H3;3-4,8,14-15H,2,5-6H2,1H3. The number of aliphatic hydroxyl groups excluding tert-OH is 2. The normalized spacial score (nSPS) is 19.8. The lowest BCUT2D eigenvalue weighted by Crippen LogP contribution is -2.31. The summed E-state index contributed by atoms with van der Waals surface area (Å²) >= 11 is 24.4. The first kappa shape index (κ1) is 64.6. The Kier molecular flexibility index (Phi) is 25.9. The first-order valence-corrected chi connectivity index (χ1v) is 27.2. The second-order valence-electron chi connectivity index (χ2n) is 19.6. The smallest absolute Gasteiger partial charge is 0.410 e. The fraction of sp³-hybridized carbons (Fsp3) is 0.456. The number of rotatable bonds is 14. The molecule has 5 N–H and O–H groups in total. The molecule has 22 heteroatoms. The molecule has 3 saturated heterocycles. The molecule has 3 heterocycles. The highest BCUT2D eigenvalue weighted by molar-refractivity contribution is 6.32. The van der Waals surface area contributed by atoms with E-state index in [1.165, 1.54) is 23.8 Å². The van der Waals surface area contributed by atoms with Crippen LogP contribution in [0.1, 0.15) is 65.3 Å². The quantitative estimate of drug-likeness (QED) is 0.0459. The molecule has 5 aromatic carbocycles. The lowest BCUT2D eigenvalue weighted by atomic mass is 9.96. The molecule has 0 radical (unpaired) electrons. The van der Waals surface area contributed by atoms with Crippen molar-refractivity contribution in [1.29, 1.82) is 0 Å². The van der Waals surface area contributed by atoms with E-state index in [2.05, 4.69) is 5.32 Å². The van der Waals surface area contributed by atoms with E-state index in [9.17, 15) is 25.0 Å². The second-order valence-corrected chi connectivity index (χ2v) is 21.3. The van der Waals surface area contributed by atoms with Crippen molar-refractivity contribution in [2.24, 2.45) is 23.7 Å². The van der Waals surface area contributed by atoms with Gasteiger partial charge in [0.25, 0.3) is 11.4 Å². The minimum Gasteiger partial charge on any atom is -0.410 e. The molecule has 8 rings (SSSR count). The molecule has 0 aliphatic carbocycles. The summed E-state index contributed by atoms with van der Waals surface area (Å²) in [7, 11) is 0. The van der Waals surface area contributed by atoms with Crippen LogP contribution < -0.4 is 15.8 Å². The van der Waals surface area contributed by atoms with E-state index in [4.69, 9.17) is 95.5 Å². The van der Waals surface area contributed by atoms with Gasteiger partial charge in [-0.3, -0.25) is 25.5 Å². The highest BCUT2D eigenvalue weighted by atomic mass is 35.5. The van der Waals surface area contributed by atoms with Crippen LogP contribution in [0, 0.1) is 71.6 Å². The van der Waals surface area contributed by atoms with Crippen LogP contribution in [-0.2, 0) is 54.1 Å². The fourth-order valence-electron chi connectivity index (χ4n) is 8.51. The SMILES string of the molecule is Cc1c(Cl)cc(N)cc1CC1COC(C)OC1.Cc1c(Cl)cc(NC(=O)Oc2ccccc2)cc1CC1COC(C)OC1.Cc1c(Cl)cc([N+](=O)[O-])cc1CC(CO)CO.Cc1c(Cl)cc([N+](=O)[O-])cc1CC1COC(C)OC1. The molecule has 0 spiro atoms. The van der Waals surface area contributed by atoms with Crippen molar-refractivity contribution in [2.45, 2.75) is 93.0 Å². The number of hydrogen-bond donors (Lipinski definition) is 4. The average Bonchev–Trinajstić information content (AvgIpc) is 3.42. The van der Waals surface area contributed by atoms with Crippen molar-refractivity contribution in [3.63, 3.8) is 0 Å². The summed E-state index contributed by atoms with van der Waals surface area (Å²) < 4.78 is 38.2. The molecule has 5 aromatic rings. The van der Waals surface area contributed by atoms with Gasteiger partial charge in [-0.25, -0.2) is 4.79 Å². The Balaban J connectivity index is 0.000000197. The molecule has 0 bridgehead atoms. The molecule has 3 aliphatic rings. The molecule has 0 atom stereocenters. The minimum atomic E-state index is -0.555. The van der Waals surface area contributed by atoms with Crippen molar-refractivity contribution in [3.8, 4) is 5.75 Å². The Bertz CT molecular complexity index is 2800. The highest BCUT2D eigenvalue weighted by Crippen LogP contribution is 2.32. The van der Waals surface area contributed by atoms with Crippen LogP contribution in [0.25, 0.3) is 0 Å². The zero-order chi connectivity index (χ0) is 57.9. The number of benzene rings is 5. The number of carbonyl (C=O) groups excluding carboxylic acids is 1. The van der Waals surface area contributed by atoms with E-state index in [0.717, 1.165) is 64.5 Å². The Morgan fingerprint density at radius 1 is 0.595 bits per heavy atom. The summed E-state index contributed by atoms with van der Waals surface area (Å²) in [6.07, 6.45) is 1.71. The van der Waals surface area contributed by atoms with E-state index >= 15 is 0 Å². The van der Waals surface area contributed by atoms with Gasteiger partial charge in [-0.1, -0.05) is 64.6 Å². The minimum absolute atomic E-state index is 0.0246. The molecular weight excluding hydrogens is 1110 g/mol. The molecular formula is C57H70Cl4N4O14. The third-order valence-electron chi connectivity index (χ3n) is 13.4. The van der Waals surface area contributed by atoms with Crippen molar-refractivity contribution < 1.29 is 58.0 Å². The Hall–Kier alpha value is -5.19. The number of anilines is 2. The van der Waals surface area contributed by atoms with E-state index in [1.54, 1.807) is 49.4 Å². The third kappa shape index (κ3) is 20.7. The van der Waals surface area contributed by atoms with E-state index in [0.29, 0.717) is 82.9 Å². The van der Waals surface area contributed by atoms with Crippen LogP contribution >= 0.6 is 46.4 Å². The maximum Gasteiger partial charge on any atom is 0.417 e. The Morgan fingerprint density at radius 2 is 0.962 bits per heavy atom. The summed E-state index contributed by atoms with van der Waals surface area (Å²) in [5, 5.41) is 44.3. The second kappa shape index (κ2) is 31.7. The number of nitrogens with zero attached hydrogens (tertiary/aromatic N) is 2. The first-order chi connectivity index (χ1) is 37.5. The van der Waals surface area contributed by atoms with Crippen LogP contribution in [0.5, 0.6) is 5.75 Å². The van der Waals surface area contributed by atoms with Gasteiger partial charge < -0.3 is 49.1 Å². The van der Waals surface area contributed by atoms with Gasteiger partial charge in [-0.05, 0) is 155 Å². The van der Waals surface area contributed by atoms with Gasteiger partial charge in [-0.15, -0.1) is 0 Å². The molecule has 0 saturated carbocycles. The summed E-state index contributed by atoms with van der Waals surface area (Å²) in [5.41, 5.74) is 14.6. The Morgan fingerprint density at radius 3 is 1.38 bits per heavy atom. The zero-order valence-electron chi connectivity index (χ0n) is 45.3. The highest BCUT2D eigenvalue weighted by Gasteiger charge is 2.25. The summed E-state index contributed by atoms with van der Waals surface area (Å²) in [4.78, 5) is 32.7. The van der Waals surface area contributed by atoms with Crippen LogP contribution in [0.2, 0.25) is 20.1 Å². The lowest BCUT2D eigenvalue weighted by Gasteiger charge is -2.27. The summed E-state index contributed by atoms with van der Waals surface area (Å²) in [6, 6.07) is 22.0. The maximum atomic E-state index is 12.1. The number of para-hydroxylation sites is 1. The van der Waals surface area contributed by atoms with Crippen molar-refractivity contribution in [3.05, 3.63) is 164 Å². The number of ether oxygens (including phenoxy) is 7. The molecule has 0 unspecified atom stereocenters. The number of nitro groups is 2. The van der Waals surface area contributed by atoms with Gasteiger partial charge in [-0.2, -0.15) is 0 Å². The number of hydrogen-bond acceptors (Lipinski definition) is 15. The van der Waals surface area contributed by atoms with E-state index in [1.807, 2.05) is 59.7 Å². The number of carbonyl (C=O) groups is 1. The molecule has 3 aliphatic heterocycles. The number of amides is 1. The topological polar surface area (TPSA) is 246 Å². The van der Waals surface area contributed by atoms with Gasteiger partial charge >= 0.3 is 6.09 Å². The van der Waals surface area contributed by atoms with Crippen molar-refractivity contribution in [1.82, 2.24) is 0 Å². The third-order valence-corrected chi connectivity index (χ3v) is 14.9. The van der Waals surface area contributed by atoms with Crippen molar-refractivity contribution in [2.75, 3.05) is 63.9 Å².